The summed E-state index contributed by atoms with van der Waals surface area (Å²) >= 11 is 0. The number of hydrogen-bond donors (Lipinski definition) is 1. The molecule has 126 valence electrons. The molecule has 0 fully saturated rings. The number of anilines is 1. The van der Waals surface area contributed by atoms with E-state index in [9.17, 15) is 4.79 Å². The van der Waals surface area contributed by atoms with Gasteiger partial charge >= 0.3 is 5.97 Å². The fraction of sp³-hybridized carbons (Fsp3) is 0.211. The lowest BCUT2D eigenvalue weighted by atomic mass is 9.80. The number of ether oxygens (including phenoxy) is 4. The van der Waals surface area contributed by atoms with E-state index in [0.717, 1.165) is 28.3 Å². The summed E-state index contributed by atoms with van der Waals surface area (Å²) in [6, 6.07) is 11.5. The van der Waals surface area contributed by atoms with Gasteiger partial charge in [-0.3, -0.25) is 0 Å². The van der Waals surface area contributed by atoms with Gasteiger partial charge in [-0.2, -0.15) is 0 Å². The van der Waals surface area contributed by atoms with Crippen LogP contribution in [0.4, 0.5) is 5.69 Å². The van der Waals surface area contributed by atoms with Crippen molar-refractivity contribution >= 4 is 11.7 Å². The minimum atomic E-state index is -0.304. The summed E-state index contributed by atoms with van der Waals surface area (Å²) in [7, 11) is 1.63. The zero-order valence-corrected chi connectivity index (χ0v) is 13.5. The molecule has 0 saturated heterocycles. The number of para-hydroxylation sites is 1. The van der Waals surface area contributed by atoms with Crippen LogP contribution in [-0.2, 0) is 9.53 Å². The van der Waals surface area contributed by atoms with Crippen molar-refractivity contribution < 1.29 is 23.7 Å². The Kier molecular flexibility index (Phi) is 2.94. The number of carbonyl (C=O) groups excluding carboxylic acids is 1. The van der Waals surface area contributed by atoms with Gasteiger partial charge < -0.3 is 24.3 Å². The van der Waals surface area contributed by atoms with Gasteiger partial charge in [-0.25, -0.2) is 4.79 Å². The molecule has 25 heavy (non-hydrogen) atoms. The van der Waals surface area contributed by atoms with Crippen molar-refractivity contribution in [3.05, 3.63) is 58.8 Å². The maximum Gasteiger partial charge on any atom is 0.337 e. The van der Waals surface area contributed by atoms with Crippen LogP contribution in [0.1, 0.15) is 17.0 Å². The van der Waals surface area contributed by atoms with Gasteiger partial charge in [0.05, 0.1) is 18.4 Å². The van der Waals surface area contributed by atoms with E-state index in [1.54, 1.807) is 7.11 Å². The molecule has 0 aromatic heterocycles. The molecule has 0 aliphatic carbocycles. The van der Waals surface area contributed by atoms with Crippen LogP contribution in [-0.4, -0.2) is 26.5 Å². The van der Waals surface area contributed by atoms with E-state index in [1.807, 2.05) is 36.4 Å². The highest BCUT2D eigenvalue weighted by Gasteiger charge is 2.40. The lowest BCUT2D eigenvalue weighted by Gasteiger charge is -2.28. The number of fused-ring (bicyclic) bond motifs is 2. The van der Waals surface area contributed by atoms with Gasteiger partial charge in [0.2, 0.25) is 6.79 Å². The van der Waals surface area contributed by atoms with Gasteiger partial charge in [0, 0.05) is 23.2 Å². The molecule has 6 heteroatoms. The smallest absolute Gasteiger partial charge is 0.337 e. The standard InChI is InChI=1S/C19H15NO5/c1-22-14-5-3-2-4-10(14)17-11-6-15-16(25-9-24-15)7-12(11)20-13-8-23-19(21)18(13)17/h2-7,17,20H,8-9H2,1H3/t17-/m0/s1. The van der Waals surface area contributed by atoms with Crippen molar-refractivity contribution in [2.75, 3.05) is 25.8 Å². The number of nitrogens with one attached hydrogen (secondary N) is 1. The molecule has 0 spiro atoms. The summed E-state index contributed by atoms with van der Waals surface area (Å²) in [6.45, 7) is 0.445. The van der Waals surface area contributed by atoms with Crippen LogP contribution in [0.15, 0.2) is 47.7 Å². The van der Waals surface area contributed by atoms with Crippen molar-refractivity contribution in [3.63, 3.8) is 0 Å². The van der Waals surface area contributed by atoms with E-state index >= 15 is 0 Å². The first-order chi connectivity index (χ1) is 12.3. The summed E-state index contributed by atoms with van der Waals surface area (Å²) in [4.78, 5) is 12.4. The predicted molar refractivity (Wildman–Crippen MR) is 89.0 cm³/mol. The summed E-state index contributed by atoms with van der Waals surface area (Å²) in [5.74, 6) is 1.51. The highest BCUT2D eigenvalue weighted by Crippen LogP contribution is 2.50. The maximum absolute atomic E-state index is 12.4. The summed E-state index contributed by atoms with van der Waals surface area (Å²) in [5, 5.41) is 3.31. The third-order valence-electron chi connectivity index (χ3n) is 4.77. The van der Waals surface area contributed by atoms with E-state index in [2.05, 4.69) is 5.32 Å². The van der Waals surface area contributed by atoms with Crippen molar-refractivity contribution in [1.29, 1.82) is 0 Å². The molecule has 0 bridgehead atoms. The summed E-state index contributed by atoms with van der Waals surface area (Å²) < 4.78 is 21.8. The van der Waals surface area contributed by atoms with Crippen molar-refractivity contribution in [2.24, 2.45) is 0 Å². The molecule has 0 amide bonds. The van der Waals surface area contributed by atoms with Gasteiger partial charge in [0.1, 0.15) is 12.4 Å². The van der Waals surface area contributed by atoms with Gasteiger partial charge in [-0.15, -0.1) is 0 Å². The average molecular weight is 337 g/mol. The van der Waals surface area contributed by atoms with Crippen LogP contribution in [0.25, 0.3) is 0 Å². The lowest BCUT2D eigenvalue weighted by Crippen LogP contribution is -2.20. The molecule has 2 aromatic rings. The molecule has 0 radical (unpaired) electrons. The highest BCUT2D eigenvalue weighted by molar-refractivity contribution is 5.97. The summed E-state index contributed by atoms with van der Waals surface area (Å²) in [5.41, 5.74) is 4.14. The third kappa shape index (κ3) is 2.00. The predicted octanol–water partition coefficient (Wildman–Crippen LogP) is 2.79. The van der Waals surface area contributed by atoms with Gasteiger partial charge in [0.15, 0.2) is 11.5 Å². The molecule has 6 nitrogen and oxygen atoms in total. The Balaban J connectivity index is 1.76. The van der Waals surface area contributed by atoms with Crippen molar-refractivity contribution in [2.45, 2.75) is 5.92 Å². The molecule has 3 aliphatic rings. The molecule has 0 saturated carbocycles. The number of hydrogen-bond acceptors (Lipinski definition) is 6. The quantitative estimate of drug-likeness (QED) is 0.850. The number of methoxy groups -OCH3 is 1. The molecule has 1 atom stereocenters. The van der Waals surface area contributed by atoms with Gasteiger partial charge in [-0.05, 0) is 17.7 Å². The zero-order valence-electron chi connectivity index (χ0n) is 13.5. The van der Waals surface area contributed by atoms with Crippen molar-refractivity contribution in [3.8, 4) is 17.2 Å². The fourth-order valence-corrected chi connectivity index (χ4v) is 3.66. The van der Waals surface area contributed by atoms with Crippen LogP contribution in [0.3, 0.4) is 0 Å². The molecule has 5 rings (SSSR count). The Morgan fingerprint density at radius 2 is 1.88 bits per heavy atom. The maximum atomic E-state index is 12.4. The topological polar surface area (TPSA) is 66.0 Å². The Bertz CT molecular complexity index is 933. The third-order valence-corrected chi connectivity index (χ3v) is 4.77. The number of esters is 1. The van der Waals surface area contributed by atoms with Crippen molar-refractivity contribution in [1.82, 2.24) is 0 Å². The molecule has 0 unspecified atom stereocenters. The molecular formula is C19H15NO5. The first kappa shape index (κ1) is 14.2. The van der Waals surface area contributed by atoms with E-state index < -0.39 is 0 Å². The van der Waals surface area contributed by atoms with E-state index in [1.165, 1.54) is 0 Å². The lowest BCUT2D eigenvalue weighted by molar-refractivity contribution is -0.136. The minimum Gasteiger partial charge on any atom is -0.496 e. The number of benzene rings is 2. The second kappa shape index (κ2) is 5.17. The zero-order chi connectivity index (χ0) is 17.0. The van der Waals surface area contributed by atoms with Crippen LogP contribution in [0, 0.1) is 0 Å². The normalized spacial score (nSPS) is 19.9. The van der Waals surface area contributed by atoms with Crippen LogP contribution >= 0.6 is 0 Å². The SMILES string of the molecule is COc1ccccc1[C@@H]1C2=C(COC2=O)Nc2cc3c(cc21)OCO3. The van der Waals surface area contributed by atoms with Crippen LogP contribution < -0.4 is 19.5 Å². The highest BCUT2D eigenvalue weighted by atomic mass is 16.7. The van der Waals surface area contributed by atoms with Gasteiger partial charge in [-0.1, -0.05) is 18.2 Å². The Labute approximate surface area is 144 Å². The largest absolute Gasteiger partial charge is 0.496 e. The average Bonchev–Trinajstić information content (AvgIpc) is 3.24. The summed E-state index contributed by atoms with van der Waals surface area (Å²) in [6.07, 6.45) is 0. The first-order valence-corrected chi connectivity index (χ1v) is 8.00. The first-order valence-electron chi connectivity index (χ1n) is 8.00. The molecule has 2 aromatic carbocycles. The number of carbonyl (C=O) groups is 1. The van der Waals surface area contributed by atoms with E-state index in [4.69, 9.17) is 18.9 Å². The molecule has 3 aliphatic heterocycles. The second-order valence-electron chi connectivity index (χ2n) is 6.06. The number of rotatable bonds is 2. The van der Waals surface area contributed by atoms with Gasteiger partial charge in [0.25, 0.3) is 0 Å². The van der Waals surface area contributed by atoms with E-state index in [0.29, 0.717) is 17.1 Å². The molecule has 3 heterocycles. The van der Waals surface area contributed by atoms with Crippen LogP contribution in [0.5, 0.6) is 17.2 Å². The van der Waals surface area contributed by atoms with E-state index in [-0.39, 0.29) is 25.3 Å². The fourth-order valence-electron chi connectivity index (χ4n) is 3.66. The Hall–Kier alpha value is -3.15. The molecular weight excluding hydrogens is 322 g/mol. The van der Waals surface area contributed by atoms with Crippen LogP contribution in [0.2, 0.25) is 0 Å². The number of cyclic esters (lactones) is 1. The monoisotopic (exact) mass is 337 g/mol. The minimum absolute atomic E-state index is 0.201. The Morgan fingerprint density at radius 1 is 1.08 bits per heavy atom. The second-order valence-corrected chi connectivity index (χ2v) is 6.06. The molecule has 1 N–H and O–H groups in total. The Morgan fingerprint density at radius 3 is 2.72 bits per heavy atom.